The second-order valence-corrected chi connectivity index (χ2v) is 10.1. The Morgan fingerprint density at radius 3 is 1.92 bits per heavy atom. The molecule has 0 aliphatic rings. The molecule has 224 valence electrons. The Balaban J connectivity index is -0.000000542. The van der Waals surface area contributed by atoms with E-state index in [0.717, 1.165) is 12.8 Å². The van der Waals surface area contributed by atoms with Gasteiger partial charge in [0.15, 0.2) is 11.6 Å². The molecule has 10 nitrogen and oxygen atoms in total. The number of aliphatic hydroxyl groups is 2. The molecule has 3 N–H and O–H groups in total. The summed E-state index contributed by atoms with van der Waals surface area (Å²) in [7, 11) is 1.46. The number of hydrogen-bond donors (Lipinski definition) is 3. The summed E-state index contributed by atoms with van der Waals surface area (Å²) in [4.78, 5) is 39.0. The van der Waals surface area contributed by atoms with Gasteiger partial charge in [-0.25, -0.2) is 4.79 Å². The van der Waals surface area contributed by atoms with Crippen molar-refractivity contribution >= 4 is 23.7 Å². The molecule has 0 fully saturated rings. The molecular weight excluding hydrogens is 492 g/mol. The number of oxime groups is 1. The Hall–Kier alpha value is -2.30. The molecule has 38 heavy (non-hydrogen) atoms. The predicted octanol–water partition coefficient (Wildman–Crippen LogP) is 4.58. The Morgan fingerprint density at radius 1 is 1.03 bits per heavy atom. The van der Waals surface area contributed by atoms with Crippen LogP contribution in [0.25, 0.3) is 0 Å². The minimum Gasteiger partial charge on any atom is -0.463 e. The lowest BCUT2D eigenvalue weighted by Crippen LogP contribution is -2.33. The summed E-state index contributed by atoms with van der Waals surface area (Å²) in [6.07, 6.45) is 5.10. The molecule has 0 aromatic carbocycles. The van der Waals surface area contributed by atoms with Crippen LogP contribution in [0.2, 0.25) is 0 Å². The zero-order valence-electron chi connectivity index (χ0n) is 25.7. The van der Waals surface area contributed by atoms with Crippen LogP contribution in [0.5, 0.6) is 0 Å². The molecule has 0 heterocycles. The van der Waals surface area contributed by atoms with Crippen molar-refractivity contribution in [2.75, 3.05) is 13.7 Å². The number of esters is 1. The highest BCUT2D eigenvalue weighted by Crippen LogP contribution is 2.11. The molecular formula is C28H54N2O8. The van der Waals surface area contributed by atoms with Crippen molar-refractivity contribution < 1.29 is 38.9 Å². The second-order valence-electron chi connectivity index (χ2n) is 10.1. The maximum absolute atomic E-state index is 11.7. The van der Waals surface area contributed by atoms with Gasteiger partial charge in [-0.2, -0.15) is 0 Å². The fraction of sp³-hybridized carbons (Fsp3) is 0.786. The van der Waals surface area contributed by atoms with Crippen LogP contribution < -0.4 is 5.32 Å². The van der Waals surface area contributed by atoms with E-state index >= 15 is 0 Å². The third-order valence-electron chi connectivity index (χ3n) is 5.25. The summed E-state index contributed by atoms with van der Waals surface area (Å²) in [6.45, 7) is 20.0. The normalized spacial score (nSPS) is 14.1. The first-order valence-electron chi connectivity index (χ1n) is 13.3. The van der Waals surface area contributed by atoms with Gasteiger partial charge in [-0.1, -0.05) is 73.0 Å². The van der Waals surface area contributed by atoms with E-state index in [1.54, 1.807) is 46.8 Å². The van der Waals surface area contributed by atoms with Gasteiger partial charge in [0.05, 0.1) is 17.9 Å². The van der Waals surface area contributed by atoms with Crippen LogP contribution in [0.1, 0.15) is 95.4 Å². The Kier molecular flexibility index (Phi) is 24.0. The molecule has 0 aromatic rings. The van der Waals surface area contributed by atoms with E-state index in [1.807, 2.05) is 41.5 Å². The molecule has 0 radical (unpaired) electrons. The average Bonchev–Trinajstić information content (AvgIpc) is 2.84. The van der Waals surface area contributed by atoms with E-state index in [1.165, 1.54) is 7.11 Å². The van der Waals surface area contributed by atoms with Gasteiger partial charge in [0.2, 0.25) is 5.91 Å². The van der Waals surface area contributed by atoms with Gasteiger partial charge in [-0.05, 0) is 45.6 Å². The number of carbonyl (C=O) groups excluding carboxylic acids is 3. The Labute approximate surface area is 230 Å². The Bertz CT molecular complexity index is 712. The molecule has 0 spiro atoms. The zero-order valence-corrected chi connectivity index (χ0v) is 25.7. The lowest BCUT2D eigenvalue weighted by Gasteiger charge is -2.16. The minimum atomic E-state index is -0.958. The van der Waals surface area contributed by atoms with Crippen molar-refractivity contribution in [3.05, 3.63) is 12.2 Å². The van der Waals surface area contributed by atoms with Gasteiger partial charge >= 0.3 is 11.9 Å². The molecule has 0 bridgehead atoms. The number of hydrogen-bond acceptors (Lipinski definition) is 9. The van der Waals surface area contributed by atoms with Gasteiger partial charge in [0.25, 0.3) is 0 Å². The fourth-order valence-electron chi connectivity index (χ4n) is 1.89. The molecule has 0 aliphatic carbocycles. The number of ether oxygens (including phenoxy) is 2. The summed E-state index contributed by atoms with van der Waals surface area (Å²) in [6, 6.07) is 0. The van der Waals surface area contributed by atoms with Gasteiger partial charge < -0.3 is 29.8 Å². The first kappa shape index (κ1) is 40.2. The number of amidine groups is 1. The standard InChI is InChI=1S/C13H22N2O3.C11H22O3.C4H10O2/c1-6-8-11(14-12(16)10(5)7-2)15-18-13(17)9(3)4;1-5-6-10(12)7-14-11(13)9(4)8(2)3;1-4(2,5)6-3/h6,8-10H,7H2,1-5H3,(H,14,15,16);8-10,12H,5-7H2,1-4H3;5H,1-3H3/b8-6-;;. The van der Waals surface area contributed by atoms with Gasteiger partial charge in [-0.15, -0.1) is 0 Å². The van der Waals surface area contributed by atoms with E-state index in [2.05, 4.69) is 15.2 Å². The van der Waals surface area contributed by atoms with Crippen LogP contribution >= 0.6 is 0 Å². The van der Waals surface area contributed by atoms with Crippen LogP contribution in [0.15, 0.2) is 17.3 Å². The first-order chi connectivity index (χ1) is 17.5. The molecule has 0 saturated heterocycles. The topological polar surface area (TPSA) is 144 Å². The Morgan fingerprint density at radius 2 is 1.55 bits per heavy atom. The molecule has 10 heteroatoms. The van der Waals surface area contributed by atoms with E-state index < -0.39 is 17.9 Å². The number of aliphatic hydroxyl groups excluding tert-OH is 1. The summed E-state index contributed by atoms with van der Waals surface area (Å²) >= 11 is 0. The van der Waals surface area contributed by atoms with E-state index in [9.17, 15) is 19.5 Å². The number of amides is 1. The predicted molar refractivity (Wildman–Crippen MR) is 150 cm³/mol. The molecule has 0 saturated carbocycles. The van der Waals surface area contributed by atoms with Crippen molar-refractivity contribution in [2.24, 2.45) is 28.8 Å². The number of nitrogens with zero attached hydrogens (tertiary/aromatic N) is 1. The van der Waals surface area contributed by atoms with Crippen molar-refractivity contribution in [3.8, 4) is 0 Å². The van der Waals surface area contributed by atoms with Gasteiger partial charge in [0.1, 0.15) is 6.61 Å². The van der Waals surface area contributed by atoms with Crippen LogP contribution in [0.3, 0.4) is 0 Å². The van der Waals surface area contributed by atoms with Crippen LogP contribution in [-0.4, -0.2) is 59.5 Å². The maximum Gasteiger partial charge on any atom is 0.337 e. The summed E-state index contributed by atoms with van der Waals surface area (Å²) in [5.74, 6) is -1.70. The number of nitrogens with one attached hydrogen (secondary N) is 1. The minimum absolute atomic E-state index is 0.0937. The third-order valence-corrected chi connectivity index (χ3v) is 5.25. The number of allylic oxidation sites excluding steroid dienone is 1. The average molecular weight is 547 g/mol. The fourth-order valence-corrected chi connectivity index (χ4v) is 1.89. The zero-order chi connectivity index (χ0) is 30.5. The summed E-state index contributed by atoms with van der Waals surface area (Å²) in [5, 5.41) is 24.2. The van der Waals surface area contributed by atoms with Crippen molar-refractivity contribution in [1.82, 2.24) is 5.32 Å². The van der Waals surface area contributed by atoms with Crippen molar-refractivity contribution in [1.29, 1.82) is 0 Å². The number of rotatable bonds is 12. The van der Waals surface area contributed by atoms with Crippen molar-refractivity contribution in [3.63, 3.8) is 0 Å². The molecule has 0 aromatic heterocycles. The first-order valence-corrected chi connectivity index (χ1v) is 13.3. The van der Waals surface area contributed by atoms with E-state index in [4.69, 9.17) is 14.7 Å². The molecule has 3 unspecified atom stereocenters. The van der Waals surface area contributed by atoms with Crippen LogP contribution in [-0.2, 0) is 28.7 Å². The summed E-state index contributed by atoms with van der Waals surface area (Å²) < 4.78 is 9.48. The second kappa shape index (κ2) is 22.7. The number of methoxy groups -OCH3 is 1. The van der Waals surface area contributed by atoms with E-state index in [0.29, 0.717) is 6.42 Å². The number of carbonyl (C=O) groups is 3. The van der Waals surface area contributed by atoms with E-state index in [-0.39, 0.29) is 48.0 Å². The summed E-state index contributed by atoms with van der Waals surface area (Å²) in [5.41, 5.74) is 0. The smallest absolute Gasteiger partial charge is 0.337 e. The SMILES string of the molecule is C/C=C\C(=N/OC(=O)C(C)C)NC(=O)C(C)CC.CCCC(O)COC(=O)C(C)C(C)C.COC(C)(C)O. The lowest BCUT2D eigenvalue weighted by molar-refractivity contribution is -0.155. The molecule has 0 rings (SSSR count). The monoisotopic (exact) mass is 546 g/mol. The maximum atomic E-state index is 11.7. The largest absolute Gasteiger partial charge is 0.463 e. The van der Waals surface area contributed by atoms with Crippen molar-refractivity contribution in [2.45, 2.75) is 107 Å². The molecule has 3 atom stereocenters. The highest BCUT2D eigenvalue weighted by molar-refractivity contribution is 6.04. The molecule has 0 aliphatic heterocycles. The van der Waals surface area contributed by atoms with Crippen LogP contribution in [0, 0.1) is 23.7 Å². The highest BCUT2D eigenvalue weighted by Gasteiger charge is 2.19. The third kappa shape index (κ3) is 24.1. The van der Waals surface area contributed by atoms with Crippen LogP contribution in [0.4, 0.5) is 0 Å². The quantitative estimate of drug-likeness (QED) is 0.0806. The molecule has 1 amide bonds. The lowest BCUT2D eigenvalue weighted by atomic mass is 9.99. The highest BCUT2D eigenvalue weighted by atomic mass is 16.7. The van der Waals surface area contributed by atoms with Gasteiger partial charge in [0, 0.05) is 13.0 Å². The van der Waals surface area contributed by atoms with Gasteiger partial charge in [-0.3, -0.25) is 9.59 Å².